The van der Waals surface area contributed by atoms with E-state index in [1.807, 2.05) is 17.9 Å². The number of hydrogen-bond acceptors (Lipinski definition) is 6. The topological polar surface area (TPSA) is 81.6 Å². The molecule has 0 aliphatic carbocycles. The number of piperidine rings is 1. The van der Waals surface area contributed by atoms with Gasteiger partial charge in [-0.05, 0) is 45.2 Å². The highest BCUT2D eigenvalue weighted by Gasteiger charge is 2.37. The SMILES string of the molecule is Cc1cc(N2CC[C@](O)(CNC(=O)CN3CCC(C)CC3)C2)ncn1. The molecular formula is C18H29N5O2. The van der Waals surface area contributed by atoms with Gasteiger partial charge in [-0.25, -0.2) is 9.97 Å². The molecule has 25 heavy (non-hydrogen) atoms. The van der Waals surface area contributed by atoms with E-state index in [0.717, 1.165) is 49.9 Å². The van der Waals surface area contributed by atoms with Crippen molar-refractivity contribution < 1.29 is 9.90 Å². The van der Waals surface area contributed by atoms with Crippen molar-refractivity contribution in [3.63, 3.8) is 0 Å². The summed E-state index contributed by atoms with van der Waals surface area (Å²) in [4.78, 5) is 24.8. The van der Waals surface area contributed by atoms with Crippen LogP contribution in [0.25, 0.3) is 0 Å². The monoisotopic (exact) mass is 347 g/mol. The van der Waals surface area contributed by atoms with Crippen molar-refractivity contribution in [1.82, 2.24) is 20.2 Å². The Bertz CT molecular complexity index is 603. The number of nitrogens with one attached hydrogen (secondary N) is 1. The van der Waals surface area contributed by atoms with Gasteiger partial charge >= 0.3 is 0 Å². The molecule has 1 aromatic rings. The zero-order chi connectivity index (χ0) is 17.9. The molecule has 0 saturated carbocycles. The van der Waals surface area contributed by atoms with Gasteiger partial charge in [-0.2, -0.15) is 0 Å². The van der Waals surface area contributed by atoms with Crippen LogP contribution in [0.4, 0.5) is 5.82 Å². The Morgan fingerprint density at radius 1 is 1.36 bits per heavy atom. The van der Waals surface area contributed by atoms with E-state index in [0.29, 0.717) is 19.5 Å². The molecule has 7 nitrogen and oxygen atoms in total. The largest absolute Gasteiger partial charge is 0.386 e. The molecule has 0 spiro atoms. The highest BCUT2D eigenvalue weighted by Crippen LogP contribution is 2.25. The Morgan fingerprint density at radius 3 is 2.84 bits per heavy atom. The van der Waals surface area contributed by atoms with Crippen LogP contribution in [-0.4, -0.2) is 70.8 Å². The number of aromatic nitrogens is 2. The summed E-state index contributed by atoms with van der Waals surface area (Å²) in [5, 5.41) is 13.7. The quantitative estimate of drug-likeness (QED) is 0.811. The van der Waals surface area contributed by atoms with Crippen molar-refractivity contribution in [2.24, 2.45) is 5.92 Å². The van der Waals surface area contributed by atoms with E-state index < -0.39 is 5.60 Å². The molecule has 0 bridgehead atoms. The number of anilines is 1. The number of amides is 1. The fourth-order valence-electron chi connectivity index (χ4n) is 3.55. The van der Waals surface area contributed by atoms with Gasteiger partial charge in [-0.15, -0.1) is 0 Å². The highest BCUT2D eigenvalue weighted by atomic mass is 16.3. The Balaban J connectivity index is 1.45. The third-order valence-electron chi connectivity index (χ3n) is 5.30. The summed E-state index contributed by atoms with van der Waals surface area (Å²) < 4.78 is 0. The van der Waals surface area contributed by atoms with E-state index in [4.69, 9.17) is 0 Å². The van der Waals surface area contributed by atoms with Crippen molar-refractivity contribution in [1.29, 1.82) is 0 Å². The number of aryl methyl sites for hydroxylation is 1. The minimum Gasteiger partial charge on any atom is -0.386 e. The number of rotatable bonds is 5. The van der Waals surface area contributed by atoms with Crippen molar-refractivity contribution in [2.45, 2.75) is 38.7 Å². The lowest BCUT2D eigenvalue weighted by atomic mass is 9.99. The molecule has 1 aromatic heterocycles. The van der Waals surface area contributed by atoms with Gasteiger partial charge in [0.15, 0.2) is 0 Å². The predicted octanol–water partition coefficient (Wildman–Crippen LogP) is 0.574. The van der Waals surface area contributed by atoms with Gasteiger partial charge in [-0.1, -0.05) is 6.92 Å². The molecule has 3 rings (SSSR count). The first-order valence-corrected chi connectivity index (χ1v) is 9.19. The lowest BCUT2D eigenvalue weighted by molar-refractivity contribution is -0.123. The zero-order valence-corrected chi connectivity index (χ0v) is 15.2. The van der Waals surface area contributed by atoms with Crippen LogP contribution >= 0.6 is 0 Å². The summed E-state index contributed by atoms with van der Waals surface area (Å²) in [6, 6.07) is 1.92. The lowest BCUT2D eigenvalue weighted by Gasteiger charge is -2.30. The minimum absolute atomic E-state index is 0.000640. The van der Waals surface area contributed by atoms with E-state index in [9.17, 15) is 9.90 Å². The summed E-state index contributed by atoms with van der Waals surface area (Å²) >= 11 is 0. The van der Waals surface area contributed by atoms with Gasteiger partial charge < -0.3 is 15.3 Å². The van der Waals surface area contributed by atoms with E-state index in [-0.39, 0.29) is 12.5 Å². The molecular weight excluding hydrogens is 318 g/mol. The first kappa shape index (κ1) is 18.1. The van der Waals surface area contributed by atoms with E-state index >= 15 is 0 Å². The standard InChI is InChI=1S/C18H29N5O2/c1-14-3-6-22(7-4-14)10-17(24)19-11-18(25)5-8-23(12-18)16-9-15(2)20-13-21-16/h9,13-14,25H,3-8,10-12H2,1-2H3,(H,19,24)/t18-/m0/s1. The van der Waals surface area contributed by atoms with Crippen LogP contribution < -0.4 is 10.2 Å². The number of aliphatic hydroxyl groups is 1. The fourth-order valence-corrected chi connectivity index (χ4v) is 3.55. The van der Waals surface area contributed by atoms with Crippen molar-refractivity contribution in [3.8, 4) is 0 Å². The van der Waals surface area contributed by atoms with Gasteiger partial charge in [0.05, 0.1) is 6.54 Å². The normalized spacial score (nSPS) is 25.3. The third-order valence-corrected chi connectivity index (χ3v) is 5.30. The molecule has 138 valence electrons. The summed E-state index contributed by atoms with van der Waals surface area (Å²) in [7, 11) is 0. The Hall–Kier alpha value is -1.73. The van der Waals surface area contributed by atoms with Crippen molar-refractivity contribution in [3.05, 3.63) is 18.1 Å². The number of β-amino-alcohol motifs (C(OH)–C–C–N with tert-alkyl or cyclic N) is 1. The maximum Gasteiger partial charge on any atom is 0.234 e. The average molecular weight is 347 g/mol. The van der Waals surface area contributed by atoms with E-state index in [1.165, 1.54) is 0 Å². The molecule has 1 atom stereocenters. The highest BCUT2D eigenvalue weighted by molar-refractivity contribution is 5.78. The number of carbonyl (C=O) groups excluding carboxylic acids is 1. The second kappa shape index (κ2) is 7.66. The van der Waals surface area contributed by atoms with Crippen LogP contribution in [0.3, 0.4) is 0 Å². The molecule has 2 aliphatic rings. The molecule has 2 saturated heterocycles. The molecule has 0 radical (unpaired) electrons. The Morgan fingerprint density at radius 2 is 2.12 bits per heavy atom. The average Bonchev–Trinajstić information content (AvgIpc) is 2.98. The van der Waals surface area contributed by atoms with Crippen molar-refractivity contribution in [2.75, 3.05) is 44.2 Å². The molecule has 2 aliphatic heterocycles. The summed E-state index contributed by atoms with van der Waals surface area (Å²) in [6.07, 6.45) is 4.48. The summed E-state index contributed by atoms with van der Waals surface area (Å²) in [5.41, 5.74) is 0.00914. The van der Waals surface area contributed by atoms with E-state index in [1.54, 1.807) is 6.33 Å². The van der Waals surface area contributed by atoms with Crippen LogP contribution in [0.2, 0.25) is 0 Å². The summed E-state index contributed by atoms with van der Waals surface area (Å²) in [5.74, 6) is 1.59. The van der Waals surface area contributed by atoms with Crippen LogP contribution in [0.5, 0.6) is 0 Å². The number of hydrogen-bond donors (Lipinski definition) is 2. The molecule has 0 aromatic carbocycles. The first-order valence-electron chi connectivity index (χ1n) is 9.19. The molecule has 3 heterocycles. The van der Waals surface area contributed by atoms with Gasteiger partial charge in [0.25, 0.3) is 0 Å². The molecule has 2 fully saturated rings. The zero-order valence-electron chi connectivity index (χ0n) is 15.2. The fraction of sp³-hybridized carbons (Fsp3) is 0.722. The summed E-state index contributed by atoms with van der Waals surface area (Å²) in [6.45, 7) is 8.08. The minimum atomic E-state index is -0.898. The van der Waals surface area contributed by atoms with Gasteiger partial charge in [0, 0.05) is 31.4 Å². The third kappa shape index (κ3) is 4.89. The smallest absolute Gasteiger partial charge is 0.234 e. The van der Waals surface area contributed by atoms with Gasteiger partial charge in [0.2, 0.25) is 5.91 Å². The second-order valence-corrected chi connectivity index (χ2v) is 7.65. The number of likely N-dealkylation sites (tertiary alicyclic amines) is 1. The maximum absolute atomic E-state index is 12.2. The van der Waals surface area contributed by atoms with Crippen LogP contribution in [0, 0.1) is 12.8 Å². The predicted molar refractivity (Wildman–Crippen MR) is 96.4 cm³/mol. The lowest BCUT2D eigenvalue weighted by Crippen LogP contribution is -2.48. The molecule has 7 heteroatoms. The second-order valence-electron chi connectivity index (χ2n) is 7.65. The van der Waals surface area contributed by atoms with Crippen LogP contribution in [-0.2, 0) is 4.79 Å². The van der Waals surface area contributed by atoms with E-state index in [2.05, 4.69) is 27.1 Å². The number of carbonyl (C=O) groups is 1. The Labute approximate surface area is 149 Å². The van der Waals surface area contributed by atoms with Gasteiger partial charge in [0.1, 0.15) is 17.7 Å². The van der Waals surface area contributed by atoms with Gasteiger partial charge in [-0.3, -0.25) is 9.69 Å². The van der Waals surface area contributed by atoms with Crippen LogP contribution in [0.1, 0.15) is 31.9 Å². The van der Waals surface area contributed by atoms with Crippen molar-refractivity contribution >= 4 is 11.7 Å². The molecule has 2 N–H and O–H groups in total. The molecule has 0 unspecified atom stereocenters. The number of nitrogens with zero attached hydrogens (tertiary/aromatic N) is 4. The maximum atomic E-state index is 12.2. The molecule has 1 amide bonds. The van der Waals surface area contributed by atoms with Crippen LogP contribution in [0.15, 0.2) is 12.4 Å². The first-order chi connectivity index (χ1) is 11.9. The Kier molecular flexibility index (Phi) is 5.54.